The Morgan fingerprint density at radius 2 is 2.04 bits per heavy atom. The van der Waals surface area contributed by atoms with E-state index in [1.165, 1.54) is 23.5 Å². The maximum Gasteiger partial charge on any atom is 0.196 e. The summed E-state index contributed by atoms with van der Waals surface area (Å²) < 4.78 is 15.2. The maximum atomic E-state index is 13.6. The van der Waals surface area contributed by atoms with Crippen molar-refractivity contribution in [1.29, 1.82) is 0 Å². The van der Waals surface area contributed by atoms with E-state index in [-0.39, 0.29) is 5.43 Å². The van der Waals surface area contributed by atoms with E-state index in [4.69, 9.17) is 5.73 Å². The van der Waals surface area contributed by atoms with Gasteiger partial charge in [0.2, 0.25) is 0 Å². The van der Waals surface area contributed by atoms with E-state index in [9.17, 15) is 9.18 Å². The van der Waals surface area contributed by atoms with Crippen LogP contribution in [0.25, 0.3) is 31.1 Å². The summed E-state index contributed by atoms with van der Waals surface area (Å²) in [6, 6.07) is 10.0. The number of hydrogen-bond acceptors (Lipinski definition) is 5. The van der Waals surface area contributed by atoms with Crippen molar-refractivity contribution >= 4 is 48.1 Å². The van der Waals surface area contributed by atoms with Crippen LogP contribution < -0.4 is 16.5 Å². The van der Waals surface area contributed by atoms with Gasteiger partial charge in [-0.15, -0.1) is 11.3 Å². The van der Waals surface area contributed by atoms with Crippen LogP contribution in [-0.4, -0.2) is 18.1 Å². The van der Waals surface area contributed by atoms with Crippen molar-refractivity contribution in [3.05, 3.63) is 58.6 Å². The lowest BCUT2D eigenvalue weighted by atomic mass is 10.1. The number of hydrogen-bond donors (Lipinski definition) is 2. The van der Waals surface area contributed by atoms with Gasteiger partial charge in [0.05, 0.1) is 15.6 Å². The number of aromatic nitrogens is 1. The number of anilines is 1. The summed E-state index contributed by atoms with van der Waals surface area (Å²) >= 11 is 1.45. The van der Waals surface area contributed by atoms with Crippen molar-refractivity contribution in [2.75, 3.05) is 18.4 Å². The van der Waals surface area contributed by atoms with Crippen LogP contribution in [0.15, 0.2) is 47.4 Å². The van der Waals surface area contributed by atoms with Crippen LogP contribution in [0.4, 0.5) is 10.1 Å². The maximum absolute atomic E-state index is 13.6. The molecule has 4 nitrogen and oxygen atoms in total. The highest BCUT2D eigenvalue weighted by molar-refractivity contribution is 7.24. The Morgan fingerprint density at radius 1 is 1.16 bits per heavy atom. The molecule has 6 heteroatoms. The van der Waals surface area contributed by atoms with Crippen molar-refractivity contribution in [2.24, 2.45) is 5.73 Å². The molecule has 2 aromatic heterocycles. The molecule has 126 valence electrons. The Hall–Kier alpha value is -2.57. The summed E-state index contributed by atoms with van der Waals surface area (Å²) in [5.41, 5.74) is 6.99. The topological polar surface area (TPSA) is 68.0 Å². The van der Waals surface area contributed by atoms with Gasteiger partial charge in [0.1, 0.15) is 5.82 Å². The van der Waals surface area contributed by atoms with E-state index in [2.05, 4.69) is 10.3 Å². The van der Waals surface area contributed by atoms with Gasteiger partial charge in [-0.25, -0.2) is 4.39 Å². The summed E-state index contributed by atoms with van der Waals surface area (Å²) in [5, 5.41) is 5.11. The van der Waals surface area contributed by atoms with Crippen molar-refractivity contribution in [1.82, 2.24) is 4.98 Å². The average molecular weight is 353 g/mol. The van der Waals surface area contributed by atoms with Crippen molar-refractivity contribution < 1.29 is 4.39 Å². The third-order valence-electron chi connectivity index (χ3n) is 4.19. The molecule has 0 atom stereocenters. The zero-order valence-corrected chi connectivity index (χ0v) is 14.2. The SMILES string of the molecule is NCCCNc1cccc2ncc3sc4ccc(F)cc4c(=O)c3c12. The molecule has 2 aromatic carbocycles. The second-order valence-electron chi connectivity index (χ2n) is 5.84. The van der Waals surface area contributed by atoms with Gasteiger partial charge in [-0.3, -0.25) is 9.78 Å². The highest BCUT2D eigenvalue weighted by Crippen LogP contribution is 2.32. The molecule has 0 saturated heterocycles. The Labute approximate surface area is 147 Å². The molecule has 3 N–H and O–H groups in total. The van der Waals surface area contributed by atoms with E-state index in [1.807, 2.05) is 18.2 Å². The van der Waals surface area contributed by atoms with Crippen LogP contribution in [0.1, 0.15) is 6.42 Å². The molecule has 4 aromatic rings. The van der Waals surface area contributed by atoms with Gasteiger partial charge in [0.15, 0.2) is 5.43 Å². The van der Waals surface area contributed by atoms with E-state index >= 15 is 0 Å². The number of nitrogens with two attached hydrogens (primary N) is 1. The first-order valence-corrected chi connectivity index (χ1v) is 8.88. The number of nitrogens with zero attached hydrogens (tertiary/aromatic N) is 1. The predicted octanol–water partition coefficient (Wildman–Crippen LogP) is 3.86. The highest BCUT2D eigenvalue weighted by atomic mass is 32.1. The lowest BCUT2D eigenvalue weighted by molar-refractivity contribution is 0.630. The molecule has 0 bridgehead atoms. The molecule has 0 saturated carbocycles. The summed E-state index contributed by atoms with van der Waals surface area (Å²) in [4.78, 5) is 17.6. The third-order valence-corrected chi connectivity index (χ3v) is 5.29. The van der Waals surface area contributed by atoms with Crippen LogP contribution in [-0.2, 0) is 0 Å². The van der Waals surface area contributed by atoms with Crippen LogP contribution in [0.5, 0.6) is 0 Å². The van der Waals surface area contributed by atoms with E-state index in [1.54, 1.807) is 12.3 Å². The molecule has 0 amide bonds. The molecule has 0 spiro atoms. The second-order valence-corrected chi connectivity index (χ2v) is 6.92. The molecular formula is C19H16FN3OS. The quantitative estimate of drug-likeness (QED) is 0.332. The van der Waals surface area contributed by atoms with Crippen molar-refractivity contribution in [2.45, 2.75) is 6.42 Å². The number of fused-ring (bicyclic) bond motifs is 4. The number of nitrogens with one attached hydrogen (secondary N) is 1. The molecule has 0 fully saturated rings. The Morgan fingerprint density at radius 3 is 2.88 bits per heavy atom. The van der Waals surface area contributed by atoms with Crippen LogP contribution in [0.2, 0.25) is 0 Å². The number of halogens is 1. The molecular weight excluding hydrogens is 337 g/mol. The lowest BCUT2D eigenvalue weighted by Crippen LogP contribution is -2.09. The molecule has 4 rings (SSSR count). The van der Waals surface area contributed by atoms with Gasteiger partial charge in [-0.1, -0.05) is 6.07 Å². The molecule has 25 heavy (non-hydrogen) atoms. The van der Waals surface area contributed by atoms with Gasteiger partial charge in [-0.05, 0) is 43.3 Å². The number of pyridine rings is 1. The smallest absolute Gasteiger partial charge is 0.196 e. The summed E-state index contributed by atoms with van der Waals surface area (Å²) in [5.74, 6) is -0.407. The van der Waals surface area contributed by atoms with Gasteiger partial charge in [-0.2, -0.15) is 0 Å². The minimum Gasteiger partial charge on any atom is -0.384 e. The fraction of sp³-hybridized carbons (Fsp3) is 0.158. The van der Waals surface area contributed by atoms with E-state index in [0.29, 0.717) is 23.9 Å². The molecule has 0 aliphatic rings. The predicted molar refractivity (Wildman–Crippen MR) is 103 cm³/mol. The molecule has 0 radical (unpaired) electrons. The zero-order chi connectivity index (χ0) is 17.4. The third kappa shape index (κ3) is 2.73. The molecule has 0 aliphatic heterocycles. The van der Waals surface area contributed by atoms with Gasteiger partial charge in [0, 0.05) is 33.9 Å². The molecule has 2 heterocycles. The summed E-state index contributed by atoms with van der Waals surface area (Å²) in [6.07, 6.45) is 2.55. The Balaban J connectivity index is 2.09. The highest BCUT2D eigenvalue weighted by Gasteiger charge is 2.13. The zero-order valence-electron chi connectivity index (χ0n) is 13.4. The summed E-state index contributed by atoms with van der Waals surface area (Å²) in [6.45, 7) is 1.31. The fourth-order valence-corrected chi connectivity index (χ4v) is 4.06. The fourth-order valence-electron chi connectivity index (χ4n) is 3.02. The minimum absolute atomic E-state index is 0.163. The van der Waals surface area contributed by atoms with Crippen LogP contribution in [0, 0.1) is 5.82 Å². The normalized spacial score (nSPS) is 11.4. The van der Waals surface area contributed by atoms with Gasteiger partial charge in [0.25, 0.3) is 0 Å². The molecule has 0 aliphatic carbocycles. The Bertz CT molecular complexity index is 1160. The van der Waals surface area contributed by atoms with Crippen molar-refractivity contribution in [3.8, 4) is 0 Å². The number of benzene rings is 2. The first-order chi connectivity index (χ1) is 12.2. The van der Waals surface area contributed by atoms with Crippen LogP contribution >= 0.6 is 11.3 Å². The monoisotopic (exact) mass is 353 g/mol. The number of rotatable bonds is 4. The van der Waals surface area contributed by atoms with E-state index in [0.717, 1.165) is 32.4 Å². The van der Waals surface area contributed by atoms with Crippen LogP contribution in [0.3, 0.4) is 0 Å². The minimum atomic E-state index is -0.407. The van der Waals surface area contributed by atoms with Crippen molar-refractivity contribution in [3.63, 3.8) is 0 Å². The average Bonchev–Trinajstić information content (AvgIpc) is 2.62. The largest absolute Gasteiger partial charge is 0.384 e. The standard InChI is InChI=1S/C19H16FN3OS/c20-11-5-6-15-12(9-11)19(24)18-16(25-15)10-23-14-4-1-3-13(17(14)18)22-8-2-7-21/h1,3-6,9-10,22H,2,7-8,21H2. The lowest BCUT2D eigenvalue weighted by Gasteiger charge is -2.11. The van der Waals surface area contributed by atoms with Gasteiger partial charge < -0.3 is 11.1 Å². The second kappa shape index (κ2) is 6.38. The van der Waals surface area contributed by atoms with Gasteiger partial charge >= 0.3 is 0 Å². The first kappa shape index (κ1) is 15.9. The van der Waals surface area contributed by atoms with E-state index < -0.39 is 5.82 Å². The Kier molecular flexibility index (Phi) is 4.07. The molecule has 0 unspecified atom stereocenters. The first-order valence-electron chi connectivity index (χ1n) is 8.07. The summed E-state index contributed by atoms with van der Waals surface area (Å²) in [7, 11) is 0.